The minimum Gasteiger partial charge on any atom is -0.402 e. The molecule has 0 radical (unpaired) electrons. The third-order valence-corrected chi connectivity index (χ3v) is 5.25. The Bertz CT molecular complexity index is 964. The van der Waals surface area contributed by atoms with Crippen molar-refractivity contribution >= 4 is 38.4 Å². The number of fused-ring (bicyclic) bond motifs is 1. The lowest BCUT2D eigenvalue weighted by molar-refractivity contribution is -0.365. The van der Waals surface area contributed by atoms with Gasteiger partial charge in [-0.25, -0.2) is 8.42 Å². The van der Waals surface area contributed by atoms with Crippen molar-refractivity contribution in [2.24, 2.45) is 0 Å². The van der Waals surface area contributed by atoms with E-state index < -0.39 is 10.0 Å². The first kappa shape index (κ1) is 14.9. The van der Waals surface area contributed by atoms with E-state index in [-0.39, 0.29) is 4.90 Å². The van der Waals surface area contributed by atoms with Gasteiger partial charge in [0.25, 0.3) is 15.5 Å². The summed E-state index contributed by atoms with van der Waals surface area (Å²) >= 11 is 5.99. The molecule has 1 heterocycles. The Hall–Kier alpha value is -2.05. The molecule has 114 valence electrons. The fourth-order valence-electron chi connectivity index (χ4n) is 2.25. The fourth-order valence-corrected chi connectivity index (χ4v) is 3.80. The van der Waals surface area contributed by atoms with E-state index in [2.05, 4.69) is 9.71 Å². The van der Waals surface area contributed by atoms with Crippen LogP contribution < -0.4 is 9.71 Å². The van der Waals surface area contributed by atoms with E-state index in [4.69, 9.17) is 16.0 Å². The summed E-state index contributed by atoms with van der Waals surface area (Å²) in [5.41, 5.74) is 2.35. The predicted molar refractivity (Wildman–Crippen MR) is 84.5 cm³/mol. The molecule has 3 rings (SSSR count). The van der Waals surface area contributed by atoms with Gasteiger partial charge in [-0.05, 0) is 36.8 Å². The molecule has 2 N–H and O–H groups in total. The molecule has 0 aliphatic rings. The van der Waals surface area contributed by atoms with Crippen LogP contribution in [0.15, 0.2) is 45.7 Å². The topological polar surface area (TPSA) is 73.5 Å². The van der Waals surface area contributed by atoms with Crippen molar-refractivity contribution in [1.82, 2.24) is 0 Å². The molecule has 0 amide bonds. The quantitative estimate of drug-likeness (QED) is 0.796. The van der Waals surface area contributed by atoms with E-state index in [0.717, 1.165) is 5.52 Å². The first-order valence-corrected chi connectivity index (χ1v) is 8.43. The van der Waals surface area contributed by atoms with Crippen molar-refractivity contribution < 1.29 is 17.8 Å². The lowest BCUT2D eigenvalue weighted by Crippen LogP contribution is -2.14. The highest BCUT2D eigenvalue weighted by molar-refractivity contribution is 7.92. The van der Waals surface area contributed by atoms with E-state index in [0.29, 0.717) is 27.7 Å². The fraction of sp³-hybridized carbons (Fsp3) is 0.133. The summed E-state index contributed by atoms with van der Waals surface area (Å²) in [5.74, 6) is 0.653. The molecule has 0 saturated carbocycles. The smallest absolute Gasteiger partial charge is 0.343 e. The number of hydrogen-bond donors (Lipinski definition) is 1. The van der Waals surface area contributed by atoms with Crippen LogP contribution in [-0.2, 0) is 10.0 Å². The lowest BCUT2D eigenvalue weighted by atomic mass is 10.2. The van der Waals surface area contributed by atoms with Crippen molar-refractivity contribution in [3.05, 3.63) is 52.9 Å². The molecular weight excluding hydrogens is 324 g/mol. The average Bonchev–Trinajstić information content (AvgIpc) is 2.80. The van der Waals surface area contributed by atoms with Crippen molar-refractivity contribution in [2.75, 3.05) is 4.72 Å². The number of aromatic nitrogens is 1. The third kappa shape index (κ3) is 2.67. The van der Waals surface area contributed by atoms with Crippen LogP contribution in [0.5, 0.6) is 0 Å². The van der Waals surface area contributed by atoms with Crippen molar-refractivity contribution in [3.8, 4) is 0 Å². The highest BCUT2D eigenvalue weighted by atomic mass is 35.5. The zero-order chi connectivity index (χ0) is 15.9. The number of halogens is 1. The lowest BCUT2D eigenvalue weighted by Gasteiger charge is -2.10. The molecule has 0 aliphatic heterocycles. The molecule has 5 nitrogen and oxygen atoms in total. The van der Waals surface area contributed by atoms with Gasteiger partial charge in [-0.15, -0.1) is 0 Å². The van der Waals surface area contributed by atoms with Gasteiger partial charge in [-0.3, -0.25) is 4.72 Å². The molecule has 0 fully saturated rings. The maximum Gasteiger partial charge on any atom is 0.343 e. The minimum absolute atomic E-state index is 0.160. The van der Waals surface area contributed by atoms with E-state index in [1.807, 2.05) is 0 Å². The van der Waals surface area contributed by atoms with E-state index >= 15 is 0 Å². The highest BCUT2D eigenvalue weighted by Crippen LogP contribution is 2.25. The summed E-state index contributed by atoms with van der Waals surface area (Å²) in [6.07, 6.45) is 0. The second kappa shape index (κ2) is 5.30. The molecule has 22 heavy (non-hydrogen) atoms. The monoisotopic (exact) mass is 337 g/mol. The average molecular weight is 338 g/mol. The van der Waals surface area contributed by atoms with Gasteiger partial charge in [0.1, 0.15) is 0 Å². The molecule has 7 heteroatoms. The van der Waals surface area contributed by atoms with Gasteiger partial charge in [-0.2, -0.15) is 4.98 Å². The first-order chi connectivity index (χ1) is 10.4. The Morgan fingerprint density at radius 3 is 2.73 bits per heavy atom. The number of sulfonamides is 1. The zero-order valence-corrected chi connectivity index (χ0v) is 13.5. The SMILES string of the molecule is Cc1[nH+]c2cc(NS(=O)(=O)c3cccc(Cl)c3C)ccc2o1. The van der Waals surface area contributed by atoms with Gasteiger partial charge in [-0.1, -0.05) is 17.7 Å². The molecule has 0 spiro atoms. The maximum atomic E-state index is 12.5. The summed E-state index contributed by atoms with van der Waals surface area (Å²) in [6.45, 7) is 3.46. The minimum atomic E-state index is -3.71. The van der Waals surface area contributed by atoms with Gasteiger partial charge in [0.05, 0.1) is 17.5 Å². The zero-order valence-electron chi connectivity index (χ0n) is 12.0. The number of benzene rings is 2. The van der Waals surface area contributed by atoms with Gasteiger partial charge < -0.3 is 4.42 Å². The van der Waals surface area contributed by atoms with Gasteiger partial charge >= 0.3 is 5.89 Å². The van der Waals surface area contributed by atoms with Crippen LogP contribution in [0.4, 0.5) is 5.69 Å². The van der Waals surface area contributed by atoms with Gasteiger partial charge in [0.2, 0.25) is 5.58 Å². The standard InChI is InChI=1S/C15H13ClN2O3S/c1-9-12(16)4-3-5-15(9)22(19,20)18-11-6-7-14-13(8-11)17-10(2)21-14/h3-8,18H,1-2H3/p+1. The number of anilines is 1. The molecule has 1 aromatic heterocycles. The number of aromatic amines is 1. The summed E-state index contributed by atoms with van der Waals surface area (Å²) < 4.78 is 33.0. The normalized spacial score (nSPS) is 11.8. The van der Waals surface area contributed by atoms with Crippen LogP contribution in [0.25, 0.3) is 11.1 Å². The number of hydrogen-bond acceptors (Lipinski definition) is 3. The summed E-state index contributed by atoms with van der Waals surface area (Å²) in [4.78, 5) is 3.18. The molecule has 0 aliphatic carbocycles. The molecule has 0 atom stereocenters. The Balaban J connectivity index is 2.00. The third-order valence-electron chi connectivity index (χ3n) is 3.31. The number of nitrogens with one attached hydrogen (secondary N) is 2. The predicted octanol–water partition coefficient (Wildman–Crippen LogP) is 3.32. The van der Waals surface area contributed by atoms with Crippen LogP contribution in [0.1, 0.15) is 11.5 Å². The summed E-state index contributed by atoms with van der Waals surface area (Å²) in [7, 11) is -3.71. The van der Waals surface area contributed by atoms with E-state index in [1.165, 1.54) is 6.07 Å². The van der Waals surface area contributed by atoms with E-state index in [1.54, 1.807) is 44.2 Å². The number of H-pyrrole nitrogens is 1. The summed E-state index contributed by atoms with van der Waals surface area (Å²) in [6, 6.07) is 9.84. The van der Waals surface area contributed by atoms with Gasteiger partial charge in [0.15, 0.2) is 0 Å². The molecular formula is C15H14ClN2O3S+. The second-order valence-corrected chi connectivity index (χ2v) is 7.02. The summed E-state index contributed by atoms with van der Waals surface area (Å²) in [5, 5.41) is 0.414. The molecule has 3 aromatic rings. The first-order valence-electron chi connectivity index (χ1n) is 6.57. The van der Waals surface area contributed by atoms with Crippen molar-refractivity contribution in [3.63, 3.8) is 0 Å². The van der Waals surface area contributed by atoms with Gasteiger partial charge in [0, 0.05) is 11.1 Å². The molecule has 2 aromatic carbocycles. The van der Waals surface area contributed by atoms with Crippen LogP contribution in [-0.4, -0.2) is 8.42 Å². The van der Waals surface area contributed by atoms with Crippen LogP contribution in [0.2, 0.25) is 5.02 Å². The Morgan fingerprint density at radius 2 is 1.95 bits per heavy atom. The van der Waals surface area contributed by atoms with Crippen LogP contribution in [0, 0.1) is 13.8 Å². The number of rotatable bonds is 3. The molecule has 0 unspecified atom stereocenters. The number of oxazole rings is 1. The van der Waals surface area contributed by atoms with Crippen molar-refractivity contribution in [1.29, 1.82) is 0 Å². The molecule has 0 saturated heterocycles. The highest BCUT2D eigenvalue weighted by Gasteiger charge is 2.19. The van der Waals surface area contributed by atoms with E-state index in [9.17, 15) is 8.42 Å². The Morgan fingerprint density at radius 1 is 1.18 bits per heavy atom. The maximum absolute atomic E-state index is 12.5. The molecule has 0 bridgehead atoms. The largest absolute Gasteiger partial charge is 0.402 e. The number of aryl methyl sites for hydroxylation is 1. The van der Waals surface area contributed by atoms with Crippen LogP contribution in [0.3, 0.4) is 0 Å². The van der Waals surface area contributed by atoms with Crippen molar-refractivity contribution in [2.45, 2.75) is 18.7 Å². The van der Waals surface area contributed by atoms with Crippen LogP contribution >= 0.6 is 11.6 Å². The second-order valence-electron chi connectivity index (χ2n) is 4.96. The Labute approximate surface area is 133 Å². The Kier molecular flexibility index (Phi) is 3.58.